The summed E-state index contributed by atoms with van der Waals surface area (Å²) in [7, 11) is 0. The standard InChI is InChI=1S/C17H13F4N3O/c1-11-5-7-24(15-3-2-13(18)9-23-15)10-14(11)12-4-6-22-16(8-12)25-17(19,20)21/h2-9H,10H2,1H3. The zero-order chi connectivity index (χ0) is 18.0. The maximum absolute atomic E-state index is 13.0. The van der Waals surface area contributed by atoms with Crippen LogP contribution >= 0.6 is 0 Å². The quantitative estimate of drug-likeness (QED) is 0.772. The first-order valence-corrected chi connectivity index (χ1v) is 7.30. The number of halogens is 4. The molecule has 0 atom stereocenters. The Kier molecular flexibility index (Phi) is 4.43. The minimum absolute atomic E-state index is 0.371. The molecule has 25 heavy (non-hydrogen) atoms. The van der Waals surface area contributed by atoms with Gasteiger partial charge in [0.25, 0.3) is 0 Å². The zero-order valence-corrected chi connectivity index (χ0v) is 13.1. The lowest BCUT2D eigenvalue weighted by Crippen LogP contribution is -2.23. The first-order valence-electron chi connectivity index (χ1n) is 7.30. The average Bonchev–Trinajstić information content (AvgIpc) is 2.55. The van der Waals surface area contributed by atoms with E-state index in [1.165, 1.54) is 24.4 Å². The fraction of sp³-hybridized carbons (Fsp3) is 0.176. The molecule has 3 heterocycles. The summed E-state index contributed by atoms with van der Waals surface area (Å²) in [6, 6.07) is 5.67. The van der Waals surface area contributed by atoms with Gasteiger partial charge in [0.2, 0.25) is 5.88 Å². The molecule has 0 amide bonds. The van der Waals surface area contributed by atoms with Crippen LogP contribution in [0.4, 0.5) is 23.4 Å². The molecule has 2 aromatic heterocycles. The summed E-state index contributed by atoms with van der Waals surface area (Å²) in [4.78, 5) is 9.36. The molecule has 0 aromatic carbocycles. The summed E-state index contributed by atoms with van der Waals surface area (Å²) < 4.78 is 54.0. The number of hydrogen-bond acceptors (Lipinski definition) is 4. The third-order valence-electron chi connectivity index (χ3n) is 3.62. The third-order valence-corrected chi connectivity index (χ3v) is 3.62. The van der Waals surface area contributed by atoms with Crippen molar-refractivity contribution < 1.29 is 22.3 Å². The Morgan fingerprint density at radius 2 is 1.96 bits per heavy atom. The van der Waals surface area contributed by atoms with E-state index >= 15 is 0 Å². The van der Waals surface area contributed by atoms with Gasteiger partial charge in [-0.2, -0.15) is 0 Å². The lowest BCUT2D eigenvalue weighted by Gasteiger charge is -2.26. The van der Waals surface area contributed by atoms with Gasteiger partial charge in [0.1, 0.15) is 11.6 Å². The highest BCUT2D eigenvalue weighted by Crippen LogP contribution is 2.29. The Bertz CT molecular complexity index is 829. The van der Waals surface area contributed by atoms with Gasteiger partial charge in [-0.1, -0.05) is 0 Å². The number of rotatable bonds is 3. The van der Waals surface area contributed by atoms with Crippen LogP contribution < -0.4 is 9.64 Å². The highest BCUT2D eigenvalue weighted by molar-refractivity contribution is 5.76. The van der Waals surface area contributed by atoms with Crippen LogP contribution in [-0.4, -0.2) is 22.9 Å². The van der Waals surface area contributed by atoms with Crippen molar-refractivity contribution in [1.82, 2.24) is 9.97 Å². The van der Waals surface area contributed by atoms with Crippen molar-refractivity contribution in [3.63, 3.8) is 0 Å². The average molecular weight is 351 g/mol. The van der Waals surface area contributed by atoms with E-state index in [1.807, 2.05) is 13.0 Å². The number of pyridine rings is 2. The molecule has 0 fully saturated rings. The van der Waals surface area contributed by atoms with Gasteiger partial charge in [0, 0.05) is 25.0 Å². The van der Waals surface area contributed by atoms with Gasteiger partial charge in [0.15, 0.2) is 0 Å². The van der Waals surface area contributed by atoms with Gasteiger partial charge in [0.05, 0.1) is 6.20 Å². The number of alkyl halides is 3. The smallest absolute Gasteiger partial charge is 0.388 e. The first-order chi connectivity index (χ1) is 11.8. The number of allylic oxidation sites excluding steroid dienone is 2. The first kappa shape index (κ1) is 16.9. The predicted molar refractivity (Wildman–Crippen MR) is 84.2 cm³/mol. The summed E-state index contributed by atoms with van der Waals surface area (Å²) in [6.45, 7) is 2.22. The molecule has 0 unspecified atom stereocenters. The van der Waals surface area contributed by atoms with Gasteiger partial charge in [-0.05, 0) is 47.9 Å². The highest BCUT2D eigenvalue weighted by Gasteiger charge is 2.32. The fourth-order valence-corrected chi connectivity index (χ4v) is 2.44. The van der Waals surface area contributed by atoms with Gasteiger partial charge in [-0.3, -0.25) is 0 Å². The number of ether oxygens (including phenoxy) is 1. The third kappa shape index (κ3) is 4.14. The van der Waals surface area contributed by atoms with E-state index < -0.39 is 18.1 Å². The van der Waals surface area contributed by atoms with Crippen LogP contribution in [-0.2, 0) is 0 Å². The molecule has 0 radical (unpaired) electrons. The SMILES string of the molecule is CC1=C(c2ccnc(OC(F)(F)F)c2)CN(c2ccc(F)cn2)C=C1. The molecule has 1 aliphatic heterocycles. The number of aromatic nitrogens is 2. The highest BCUT2D eigenvalue weighted by atomic mass is 19.4. The van der Waals surface area contributed by atoms with Crippen molar-refractivity contribution in [3.8, 4) is 5.88 Å². The Labute approximate surface area is 141 Å². The Morgan fingerprint density at radius 1 is 1.16 bits per heavy atom. The van der Waals surface area contributed by atoms with E-state index in [-0.39, 0.29) is 0 Å². The van der Waals surface area contributed by atoms with Crippen LogP contribution in [0.25, 0.3) is 5.57 Å². The van der Waals surface area contributed by atoms with E-state index in [0.717, 1.165) is 17.3 Å². The van der Waals surface area contributed by atoms with Gasteiger partial charge in [-0.15, -0.1) is 13.2 Å². The Morgan fingerprint density at radius 3 is 2.64 bits per heavy atom. The second kappa shape index (κ2) is 6.54. The summed E-state index contributed by atoms with van der Waals surface area (Å²) in [5.74, 6) is -0.436. The van der Waals surface area contributed by atoms with E-state index in [0.29, 0.717) is 17.9 Å². The predicted octanol–water partition coefficient (Wildman–Crippen LogP) is 4.32. The molecule has 2 aromatic rings. The Hall–Kier alpha value is -2.90. The molecule has 0 spiro atoms. The summed E-state index contributed by atoms with van der Waals surface area (Å²) in [5, 5.41) is 0. The van der Waals surface area contributed by atoms with Gasteiger partial charge < -0.3 is 9.64 Å². The van der Waals surface area contributed by atoms with Crippen molar-refractivity contribution in [2.45, 2.75) is 13.3 Å². The molecule has 8 heteroatoms. The normalized spacial score (nSPS) is 14.8. The molecule has 0 N–H and O–H groups in total. The molecule has 3 rings (SSSR count). The molecule has 130 valence electrons. The maximum Gasteiger partial charge on any atom is 0.574 e. The largest absolute Gasteiger partial charge is 0.574 e. The van der Waals surface area contributed by atoms with Crippen molar-refractivity contribution in [1.29, 1.82) is 0 Å². The van der Waals surface area contributed by atoms with E-state index in [4.69, 9.17) is 0 Å². The molecule has 0 aliphatic carbocycles. The fourth-order valence-electron chi connectivity index (χ4n) is 2.44. The minimum Gasteiger partial charge on any atom is -0.388 e. The van der Waals surface area contributed by atoms with Crippen molar-refractivity contribution in [2.75, 3.05) is 11.4 Å². The summed E-state index contributed by atoms with van der Waals surface area (Å²) in [5.41, 5.74) is 2.24. The van der Waals surface area contributed by atoms with E-state index in [2.05, 4.69) is 14.7 Å². The Balaban J connectivity index is 1.87. The summed E-state index contributed by atoms with van der Waals surface area (Å²) in [6.07, 6.45) is 1.17. The van der Waals surface area contributed by atoms with Crippen molar-refractivity contribution in [2.24, 2.45) is 0 Å². The summed E-state index contributed by atoms with van der Waals surface area (Å²) >= 11 is 0. The van der Waals surface area contributed by atoms with Crippen LogP contribution in [0.1, 0.15) is 12.5 Å². The number of nitrogens with zero attached hydrogens (tertiary/aromatic N) is 3. The van der Waals surface area contributed by atoms with E-state index in [9.17, 15) is 17.6 Å². The molecule has 1 aliphatic rings. The lowest BCUT2D eigenvalue weighted by molar-refractivity contribution is -0.276. The van der Waals surface area contributed by atoms with Crippen molar-refractivity contribution in [3.05, 3.63) is 65.9 Å². The lowest BCUT2D eigenvalue weighted by atomic mass is 9.99. The second-order valence-corrected chi connectivity index (χ2v) is 5.37. The van der Waals surface area contributed by atoms with Gasteiger partial charge >= 0.3 is 6.36 Å². The van der Waals surface area contributed by atoms with Crippen LogP contribution in [0.5, 0.6) is 5.88 Å². The monoisotopic (exact) mass is 351 g/mol. The van der Waals surface area contributed by atoms with Crippen LogP contribution in [0.3, 0.4) is 0 Å². The van der Waals surface area contributed by atoms with Crippen LogP contribution in [0, 0.1) is 5.82 Å². The van der Waals surface area contributed by atoms with Gasteiger partial charge in [-0.25, -0.2) is 14.4 Å². The van der Waals surface area contributed by atoms with Crippen molar-refractivity contribution >= 4 is 11.4 Å². The van der Waals surface area contributed by atoms with Crippen LogP contribution in [0.2, 0.25) is 0 Å². The number of hydrogen-bond donors (Lipinski definition) is 0. The second-order valence-electron chi connectivity index (χ2n) is 5.37. The molecular weight excluding hydrogens is 338 g/mol. The number of anilines is 1. The zero-order valence-electron chi connectivity index (χ0n) is 13.1. The molecular formula is C17H13F4N3O. The van der Waals surface area contributed by atoms with E-state index in [1.54, 1.807) is 17.2 Å². The molecule has 0 saturated carbocycles. The maximum atomic E-state index is 13.0. The molecule has 4 nitrogen and oxygen atoms in total. The minimum atomic E-state index is -4.80. The topological polar surface area (TPSA) is 38.2 Å². The molecule has 0 saturated heterocycles. The van der Waals surface area contributed by atoms with Crippen LogP contribution in [0.15, 0.2) is 54.5 Å². The molecule has 0 bridgehead atoms.